The quantitative estimate of drug-likeness (QED) is 0.417. The first kappa shape index (κ1) is 25.5. The topological polar surface area (TPSA) is 0 Å². The maximum atomic E-state index is 2.67. The third kappa shape index (κ3) is 5.06. The van der Waals surface area contributed by atoms with Crippen molar-refractivity contribution in [2.75, 3.05) is 0 Å². The monoisotopic (exact) mass is 448 g/mol. The van der Waals surface area contributed by atoms with Gasteiger partial charge in [0.05, 0.1) is 0 Å². The molecule has 0 heterocycles. The fourth-order valence-electron chi connectivity index (χ4n) is 4.62. The van der Waals surface area contributed by atoms with E-state index < -0.39 is 8.07 Å². The van der Waals surface area contributed by atoms with Crippen molar-refractivity contribution in [1.29, 1.82) is 0 Å². The maximum absolute atomic E-state index is 2.67. The van der Waals surface area contributed by atoms with E-state index in [1.165, 1.54) is 44.9 Å². The van der Waals surface area contributed by atoms with Gasteiger partial charge in [-0.1, -0.05) is 0 Å². The molecule has 1 fully saturated rings. The van der Waals surface area contributed by atoms with E-state index >= 15 is 0 Å². The zero-order valence-corrected chi connectivity index (χ0v) is 20.0. The molecule has 1 aromatic rings. The fourth-order valence-corrected chi connectivity index (χ4v) is 10.6. The van der Waals surface area contributed by atoms with E-state index in [0.717, 1.165) is 5.54 Å². The Balaban J connectivity index is 0.00000192. The predicted molar refractivity (Wildman–Crippen MR) is 94.5 cm³/mol. The Kier molecular flexibility index (Phi) is 11.6. The standard InChI is InChI=1S/C20H27Si.3ClH.Ti/c1-3-17-11-10-16-20(17)21(2,18-12-6-4-7-13-18)19-14-8-5-9-15-19;;;;/h4,6-7,12-13,16,19H,3,5,8-10,14-15H2,1-2H3;3*1H;/q;;;;+3/p-3. The number of benzene rings is 1. The number of halogens is 3. The first-order valence-electron chi connectivity index (χ1n) is 8.88. The van der Waals surface area contributed by atoms with Gasteiger partial charge in [-0.2, -0.15) is 0 Å². The van der Waals surface area contributed by atoms with Crippen LogP contribution < -0.4 is 42.4 Å². The van der Waals surface area contributed by atoms with Crippen LogP contribution in [0, 0.1) is 0 Å². The van der Waals surface area contributed by atoms with Gasteiger partial charge >= 0.3 is 149 Å². The Bertz CT molecular complexity index is 594. The van der Waals surface area contributed by atoms with Gasteiger partial charge in [-0.3, -0.25) is 0 Å². The van der Waals surface area contributed by atoms with Crippen molar-refractivity contribution < 1.29 is 57.7 Å². The van der Waals surface area contributed by atoms with Crippen LogP contribution in [0.3, 0.4) is 0 Å². The largest absolute Gasteiger partial charge is 1.00 e. The molecule has 0 saturated heterocycles. The van der Waals surface area contributed by atoms with Crippen LogP contribution in [0.25, 0.3) is 0 Å². The number of hydrogen-bond acceptors (Lipinski definition) is 0. The van der Waals surface area contributed by atoms with Crippen LogP contribution in [0.5, 0.6) is 0 Å². The second kappa shape index (κ2) is 11.4. The first-order valence-corrected chi connectivity index (χ1v) is 12.2. The average molecular weight is 450 g/mol. The van der Waals surface area contributed by atoms with Crippen molar-refractivity contribution in [3.63, 3.8) is 0 Å². The van der Waals surface area contributed by atoms with Crippen LogP contribution in [0.15, 0.2) is 51.1 Å². The average Bonchev–Trinajstić information content (AvgIpc) is 2.97. The Morgan fingerprint density at radius 3 is 2.16 bits per heavy atom. The summed E-state index contributed by atoms with van der Waals surface area (Å²) in [7, 11) is -1.61. The maximum Gasteiger partial charge on any atom is -1.00 e. The zero-order chi connectivity index (χ0) is 15.6. The molecule has 1 atom stereocenters. The van der Waals surface area contributed by atoms with E-state index in [4.69, 9.17) is 0 Å². The summed E-state index contributed by atoms with van der Waals surface area (Å²) in [6, 6.07) is 11.5. The normalized spacial score (nSPS) is 19.9. The second-order valence-electron chi connectivity index (χ2n) is 7.04. The van der Waals surface area contributed by atoms with Crippen molar-refractivity contribution in [3.8, 4) is 0 Å². The van der Waals surface area contributed by atoms with Crippen LogP contribution in [-0.4, -0.2) is 8.07 Å². The van der Waals surface area contributed by atoms with Crippen LogP contribution in [0.4, 0.5) is 0 Å². The van der Waals surface area contributed by atoms with E-state index in [9.17, 15) is 0 Å². The minimum absolute atomic E-state index is 0. The van der Waals surface area contributed by atoms with Crippen molar-refractivity contribution in [2.24, 2.45) is 0 Å². The van der Waals surface area contributed by atoms with E-state index in [-0.39, 0.29) is 37.2 Å². The van der Waals surface area contributed by atoms with Gasteiger partial charge in [0, 0.05) is 0 Å². The SMILES string of the molecule is CCC1=[C]([Ti+3])CC=C1[Si](C)(c1ccccc1)C1CCCCC1.[Cl-].[Cl-].[Cl-]. The van der Waals surface area contributed by atoms with E-state index in [1.54, 1.807) is 19.8 Å². The van der Waals surface area contributed by atoms with Crippen molar-refractivity contribution >= 4 is 13.3 Å². The predicted octanol–water partition coefficient (Wildman–Crippen LogP) is -3.60. The van der Waals surface area contributed by atoms with Gasteiger partial charge in [-0.15, -0.1) is 0 Å². The molecule has 5 heteroatoms. The van der Waals surface area contributed by atoms with Crippen molar-refractivity contribution in [3.05, 3.63) is 51.1 Å². The molecular formula is C20H27Cl3SiTi. The van der Waals surface area contributed by atoms with Gasteiger partial charge in [-0.05, 0) is 0 Å². The molecule has 0 radical (unpaired) electrons. The van der Waals surface area contributed by atoms with Crippen molar-refractivity contribution in [2.45, 2.75) is 64.0 Å². The Labute approximate surface area is 185 Å². The summed E-state index contributed by atoms with van der Waals surface area (Å²) in [6.45, 7) is 5.01. The molecule has 0 N–H and O–H groups in total. The molecule has 1 aromatic carbocycles. The van der Waals surface area contributed by atoms with Crippen LogP contribution >= 0.6 is 0 Å². The smallest absolute Gasteiger partial charge is 1.00 e. The molecule has 0 spiro atoms. The number of allylic oxidation sites excluding steroid dienone is 4. The summed E-state index contributed by atoms with van der Waals surface area (Å²) < 4.78 is 1.63. The van der Waals surface area contributed by atoms with Crippen LogP contribution in [0.1, 0.15) is 51.9 Å². The third-order valence-corrected chi connectivity index (χ3v) is 12.1. The summed E-state index contributed by atoms with van der Waals surface area (Å²) in [6.07, 6.45) is 12.2. The third-order valence-electron chi connectivity index (χ3n) is 5.91. The van der Waals surface area contributed by atoms with E-state index in [1.807, 2.05) is 0 Å². The van der Waals surface area contributed by atoms with Gasteiger partial charge < -0.3 is 37.2 Å². The fraction of sp³-hybridized carbons (Fsp3) is 0.500. The Morgan fingerprint density at radius 1 is 1.00 bits per heavy atom. The van der Waals surface area contributed by atoms with Crippen molar-refractivity contribution in [1.82, 2.24) is 0 Å². The summed E-state index contributed by atoms with van der Waals surface area (Å²) >= 11 is 2.35. The van der Waals surface area contributed by atoms with Gasteiger partial charge in [0.25, 0.3) is 0 Å². The molecule has 0 bridgehead atoms. The number of rotatable bonds is 4. The summed E-state index contributed by atoms with van der Waals surface area (Å²) in [5, 5.41) is 3.44. The minimum Gasteiger partial charge on any atom is -1.00 e. The molecule has 0 aromatic heterocycles. The molecule has 0 nitrogen and oxygen atoms in total. The van der Waals surface area contributed by atoms with E-state index in [0.29, 0.717) is 0 Å². The van der Waals surface area contributed by atoms with Gasteiger partial charge in [0.1, 0.15) is 0 Å². The Morgan fingerprint density at radius 2 is 1.60 bits per heavy atom. The Hall–Kier alpha value is 0.501. The van der Waals surface area contributed by atoms with E-state index in [2.05, 4.69) is 70.3 Å². The van der Waals surface area contributed by atoms with Crippen LogP contribution in [-0.2, 0) is 20.4 Å². The molecule has 3 rings (SSSR count). The van der Waals surface area contributed by atoms with Crippen LogP contribution in [0.2, 0.25) is 12.1 Å². The van der Waals surface area contributed by atoms with Gasteiger partial charge in [-0.25, -0.2) is 0 Å². The molecule has 25 heavy (non-hydrogen) atoms. The molecule has 1 unspecified atom stereocenters. The summed E-state index contributed by atoms with van der Waals surface area (Å²) in [5.74, 6) is 0. The summed E-state index contributed by atoms with van der Waals surface area (Å²) in [5.41, 5.74) is 2.63. The molecule has 1 saturated carbocycles. The second-order valence-corrected chi connectivity index (χ2v) is 12.3. The number of hydrogen-bond donors (Lipinski definition) is 0. The molecule has 2 aliphatic carbocycles. The van der Waals surface area contributed by atoms with Gasteiger partial charge in [0.2, 0.25) is 0 Å². The molecule has 0 aliphatic heterocycles. The zero-order valence-electron chi connectivity index (χ0n) is 15.1. The van der Waals surface area contributed by atoms with Gasteiger partial charge in [0.15, 0.2) is 0 Å². The molecule has 0 amide bonds. The molecule has 136 valence electrons. The summed E-state index contributed by atoms with van der Waals surface area (Å²) in [4.78, 5) is 0. The first-order chi connectivity index (χ1) is 10.7. The molecule has 2 aliphatic rings. The molecular weight excluding hydrogens is 423 g/mol. The minimum atomic E-state index is -1.61.